The van der Waals surface area contributed by atoms with Gasteiger partial charge in [-0.3, -0.25) is 0 Å². The van der Waals surface area contributed by atoms with Crippen molar-refractivity contribution >= 4 is 5.57 Å². The lowest BCUT2D eigenvalue weighted by atomic mass is 9.92. The molecule has 0 aliphatic heterocycles. The van der Waals surface area contributed by atoms with E-state index in [4.69, 9.17) is 9.47 Å². The zero-order valence-electron chi connectivity index (χ0n) is 26.3. The summed E-state index contributed by atoms with van der Waals surface area (Å²) in [5.74, 6) is 2.90. The highest BCUT2D eigenvalue weighted by Crippen LogP contribution is 2.38. The fraction of sp³-hybridized carbons (Fsp3) is 0.368. The van der Waals surface area contributed by atoms with Gasteiger partial charge in [-0.15, -0.1) is 0 Å². The van der Waals surface area contributed by atoms with Gasteiger partial charge in [0.05, 0.1) is 7.11 Å². The number of hydrogen-bond donors (Lipinski definition) is 0. The third-order valence-corrected chi connectivity index (χ3v) is 6.45. The fourth-order valence-corrected chi connectivity index (χ4v) is 4.34. The van der Waals surface area contributed by atoms with E-state index < -0.39 is 0 Å². The van der Waals surface area contributed by atoms with Crippen LogP contribution in [0.4, 0.5) is 0 Å². The molecule has 2 heteroatoms. The molecule has 0 radical (unpaired) electrons. The lowest BCUT2D eigenvalue weighted by Gasteiger charge is -2.18. The molecule has 0 aromatic heterocycles. The lowest BCUT2D eigenvalue weighted by Crippen LogP contribution is -2.01. The van der Waals surface area contributed by atoms with E-state index in [0.717, 1.165) is 39.3 Å². The van der Waals surface area contributed by atoms with E-state index in [-0.39, 0.29) is 0 Å². The molecule has 0 fully saturated rings. The van der Waals surface area contributed by atoms with E-state index >= 15 is 0 Å². The zero-order valence-corrected chi connectivity index (χ0v) is 26.3. The molecule has 0 bridgehead atoms. The van der Waals surface area contributed by atoms with Gasteiger partial charge in [0.1, 0.15) is 18.1 Å². The molecule has 2 nitrogen and oxygen atoms in total. The first-order chi connectivity index (χ1) is 19.4. The average molecular weight is 541 g/mol. The molecular formula is C38H52O2. The van der Waals surface area contributed by atoms with Crippen LogP contribution in [0.15, 0.2) is 98.1 Å². The van der Waals surface area contributed by atoms with E-state index in [9.17, 15) is 0 Å². The topological polar surface area (TPSA) is 18.5 Å². The highest BCUT2D eigenvalue weighted by Gasteiger charge is 2.16. The molecule has 3 rings (SSSR count). The van der Waals surface area contributed by atoms with Crippen molar-refractivity contribution < 1.29 is 9.47 Å². The minimum atomic E-state index is 0.455. The molecule has 1 unspecified atom stereocenters. The maximum absolute atomic E-state index is 6.19. The van der Waals surface area contributed by atoms with Crippen LogP contribution in [0.25, 0.3) is 16.7 Å². The normalized spacial score (nSPS) is 11.4. The summed E-state index contributed by atoms with van der Waals surface area (Å²) in [4.78, 5) is 0. The Kier molecular flexibility index (Phi) is 16.8. The van der Waals surface area contributed by atoms with Crippen LogP contribution < -0.4 is 9.47 Å². The summed E-state index contributed by atoms with van der Waals surface area (Å²) in [7, 11) is 1.71. The summed E-state index contributed by atoms with van der Waals surface area (Å²) in [6.45, 7) is 23.5. The number of allylic oxidation sites excluding steroid dienone is 4. The molecule has 0 spiro atoms. The van der Waals surface area contributed by atoms with Crippen molar-refractivity contribution in [3.8, 4) is 22.6 Å². The Labute approximate surface area is 245 Å². The first kappa shape index (κ1) is 34.5. The molecule has 0 N–H and O–H groups in total. The molecule has 0 saturated heterocycles. The van der Waals surface area contributed by atoms with Crippen LogP contribution in [-0.2, 0) is 6.61 Å². The van der Waals surface area contributed by atoms with Gasteiger partial charge in [0.15, 0.2) is 0 Å². The van der Waals surface area contributed by atoms with Crippen LogP contribution in [-0.4, -0.2) is 7.11 Å². The van der Waals surface area contributed by atoms with Gasteiger partial charge in [-0.2, -0.15) is 0 Å². The SMILES string of the molecule is C=C/C=C(\C=C)c1cc(COc2ccc(C(C)CC(C)C)cc2)cc(-c2ccccc2)c1OC.CC.CCCC. The van der Waals surface area contributed by atoms with Crippen molar-refractivity contribution in [1.82, 2.24) is 0 Å². The number of ether oxygens (including phenoxy) is 2. The molecule has 0 heterocycles. The van der Waals surface area contributed by atoms with Gasteiger partial charge in [-0.1, -0.05) is 135 Å². The molecule has 0 aliphatic carbocycles. The number of unbranched alkanes of at least 4 members (excludes halogenated alkanes) is 1. The van der Waals surface area contributed by atoms with Crippen LogP contribution in [0.5, 0.6) is 11.5 Å². The van der Waals surface area contributed by atoms with Gasteiger partial charge in [0.2, 0.25) is 0 Å². The molecule has 3 aromatic rings. The third-order valence-electron chi connectivity index (χ3n) is 6.45. The van der Waals surface area contributed by atoms with Crippen molar-refractivity contribution in [3.63, 3.8) is 0 Å². The van der Waals surface area contributed by atoms with Crippen molar-refractivity contribution in [2.45, 2.75) is 80.3 Å². The Morgan fingerprint density at radius 2 is 1.50 bits per heavy atom. The number of hydrogen-bond acceptors (Lipinski definition) is 2. The fourth-order valence-electron chi connectivity index (χ4n) is 4.34. The van der Waals surface area contributed by atoms with E-state index in [1.165, 1.54) is 24.8 Å². The van der Waals surface area contributed by atoms with E-state index in [0.29, 0.717) is 18.4 Å². The molecular weight excluding hydrogens is 488 g/mol. The molecule has 216 valence electrons. The van der Waals surface area contributed by atoms with Gasteiger partial charge < -0.3 is 9.47 Å². The maximum atomic E-state index is 6.19. The number of benzene rings is 3. The Bertz CT molecular complexity index is 1150. The predicted octanol–water partition coefficient (Wildman–Crippen LogP) is 11.7. The van der Waals surface area contributed by atoms with Crippen LogP contribution >= 0.6 is 0 Å². The van der Waals surface area contributed by atoms with E-state index in [1.807, 2.05) is 44.2 Å². The van der Waals surface area contributed by atoms with Crippen LogP contribution in [0, 0.1) is 5.92 Å². The third kappa shape index (κ3) is 10.9. The number of methoxy groups -OCH3 is 1. The highest BCUT2D eigenvalue weighted by molar-refractivity contribution is 5.85. The molecule has 0 aliphatic rings. The first-order valence-corrected chi connectivity index (χ1v) is 14.8. The summed E-state index contributed by atoms with van der Waals surface area (Å²) in [6.07, 6.45) is 9.36. The summed E-state index contributed by atoms with van der Waals surface area (Å²) in [6, 6.07) is 23.0. The van der Waals surface area contributed by atoms with E-state index in [1.54, 1.807) is 13.2 Å². The Morgan fingerprint density at radius 1 is 0.875 bits per heavy atom. The Morgan fingerprint density at radius 3 is 2.00 bits per heavy atom. The van der Waals surface area contributed by atoms with Crippen LogP contribution in [0.3, 0.4) is 0 Å². The van der Waals surface area contributed by atoms with Gasteiger partial charge in [-0.05, 0) is 64.8 Å². The standard InChI is InChI=1S/C32H36O2.C4H10.C2H6/c1-7-12-26(8-2)30-20-25(21-31(32(30)33-6)28-13-10-9-11-14-28)22-34-29-17-15-27(16-18-29)24(5)19-23(3)4;1-3-4-2;1-2/h7-18,20-21,23-24H,1-2,19,22H2,3-6H3;3-4H2,1-2H3;1-2H3/b26-12+;;. The second kappa shape index (κ2) is 19.5. The van der Waals surface area contributed by atoms with Gasteiger partial charge in [0.25, 0.3) is 0 Å². The Hall–Kier alpha value is -3.52. The van der Waals surface area contributed by atoms with E-state index in [2.05, 4.69) is 96.3 Å². The summed E-state index contributed by atoms with van der Waals surface area (Å²) >= 11 is 0. The van der Waals surface area contributed by atoms with Crippen molar-refractivity contribution in [1.29, 1.82) is 0 Å². The highest BCUT2D eigenvalue weighted by atomic mass is 16.5. The smallest absolute Gasteiger partial charge is 0.134 e. The molecule has 40 heavy (non-hydrogen) atoms. The number of rotatable bonds is 12. The molecule has 0 amide bonds. The summed E-state index contributed by atoms with van der Waals surface area (Å²) in [5, 5.41) is 0. The summed E-state index contributed by atoms with van der Waals surface area (Å²) < 4.78 is 12.1. The molecule has 0 saturated carbocycles. The van der Waals surface area contributed by atoms with Crippen LogP contribution in [0.2, 0.25) is 0 Å². The minimum absolute atomic E-state index is 0.455. The second-order valence-electron chi connectivity index (χ2n) is 10.0. The largest absolute Gasteiger partial charge is 0.495 e. The quantitative estimate of drug-likeness (QED) is 0.213. The van der Waals surface area contributed by atoms with Crippen molar-refractivity contribution in [3.05, 3.63) is 115 Å². The monoisotopic (exact) mass is 540 g/mol. The van der Waals surface area contributed by atoms with Crippen molar-refractivity contribution in [2.24, 2.45) is 5.92 Å². The average Bonchev–Trinajstić information content (AvgIpc) is 2.99. The molecule has 1 atom stereocenters. The van der Waals surface area contributed by atoms with Crippen LogP contribution in [0.1, 0.15) is 90.3 Å². The minimum Gasteiger partial charge on any atom is -0.495 e. The maximum Gasteiger partial charge on any atom is 0.134 e. The first-order valence-electron chi connectivity index (χ1n) is 14.8. The zero-order chi connectivity index (χ0) is 29.9. The van der Waals surface area contributed by atoms with Gasteiger partial charge in [-0.25, -0.2) is 0 Å². The van der Waals surface area contributed by atoms with Gasteiger partial charge in [0, 0.05) is 11.1 Å². The van der Waals surface area contributed by atoms with Crippen molar-refractivity contribution in [2.75, 3.05) is 7.11 Å². The van der Waals surface area contributed by atoms with Gasteiger partial charge >= 0.3 is 0 Å². The second-order valence-corrected chi connectivity index (χ2v) is 10.0. The summed E-state index contributed by atoms with van der Waals surface area (Å²) in [5.41, 5.74) is 6.44. The lowest BCUT2D eigenvalue weighted by molar-refractivity contribution is 0.306. The predicted molar refractivity (Wildman–Crippen MR) is 177 cm³/mol. The molecule has 3 aromatic carbocycles. The Balaban J connectivity index is 0.00000122.